The number of halogens is 3. The van der Waals surface area contributed by atoms with Crippen molar-refractivity contribution in [1.82, 2.24) is 19.9 Å². The fraction of sp³-hybridized carbons (Fsp3) is 0.400. The number of hydrogen-bond donors (Lipinski definition) is 3. The van der Waals surface area contributed by atoms with Gasteiger partial charge in [0.05, 0.1) is 17.3 Å². The number of rotatable bonds is 4. The number of ether oxygens (including phenoxy) is 1. The molecule has 0 saturated carbocycles. The standard InChI is InChI=1S/C25H25F3N6O4/c1-24(2,3)38-23(37)34-12-14(5-7-19(34)21(35)36)32-22-31-11-17(25(26,27)28)20(33-22)16-10-30-18-8-13(9-29)4-6-15(16)18/h4,6,8,10-11,14,19,30H,5,7,12H2,1-3H3,(H,35,36)(H,31,32,33)/t14-,19+/m0/s1. The quantitative estimate of drug-likeness (QED) is 0.437. The highest BCUT2D eigenvalue weighted by Gasteiger charge is 2.39. The van der Waals surface area contributed by atoms with Crippen LogP contribution in [0.4, 0.5) is 23.9 Å². The van der Waals surface area contributed by atoms with Gasteiger partial charge in [-0.15, -0.1) is 0 Å². The van der Waals surface area contributed by atoms with Gasteiger partial charge in [-0.1, -0.05) is 6.07 Å². The van der Waals surface area contributed by atoms with Crippen LogP contribution in [-0.4, -0.2) is 61.3 Å². The molecule has 0 aliphatic carbocycles. The van der Waals surface area contributed by atoms with Gasteiger partial charge in [0, 0.05) is 41.4 Å². The molecule has 1 fully saturated rings. The van der Waals surface area contributed by atoms with E-state index in [1.165, 1.54) is 18.3 Å². The Morgan fingerprint density at radius 3 is 2.63 bits per heavy atom. The molecule has 1 aromatic carbocycles. The van der Waals surface area contributed by atoms with Crippen LogP contribution in [0.25, 0.3) is 22.2 Å². The first-order valence-electron chi connectivity index (χ1n) is 11.7. The number of nitrogens with zero attached hydrogens (tertiary/aromatic N) is 4. The normalized spacial score (nSPS) is 18.2. The number of hydrogen-bond acceptors (Lipinski definition) is 7. The molecule has 0 radical (unpaired) electrons. The van der Waals surface area contributed by atoms with Gasteiger partial charge in [0.25, 0.3) is 0 Å². The minimum absolute atomic E-state index is 0.0738. The molecule has 10 nitrogen and oxygen atoms in total. The summed E-state index contributed by atoms with van der Waals surface area (Å²) in [4.78, 5) is 36.4. The van der Waals surface area contributed by atoms with Gasteiger partial charge < -0.3 is 20.1 Å². The largest absolute Gasteiger partial charge is 0.480 e. The molecule has 3 aromatic rings. The molecule has 1 saturated heterocycles. The Bertz CT molecular complexity index is 1420. The van der Waals surface area contributed by atoms with Crippen LogP contribution in [0.1, 0.15) is 44.7 Å². The summed E-state index contributed by atoms with van der Waals surface area (Å²) in [5.74, 6) is -1.29. The van der Waals surface area contributed by atoms with Crippen LogP contribution in [0.3, 0.4) is 0 Å². The highest BCUT2D eigenvalue weighted by atomic mass is 19.4. The van der Waals surface area contributed by atoms with Gasteiger partial charge in [0.1, 0.15) is 17.2 Å². The maximum Gasteiger partial charge on any atom is 0.419 e. The number of carbonyl (C=O) groups is 2. The predicted octanol–water partition coefficient (Wildman–Crippen LogP) is 4.78. The van der Waals surface area contributed by atoms with Crippen LogP contribution in [0.2, 0.25) is 0 Å². The first-order valence-corrected chi connectivity index (χ1v) is 11.7. The fourth-order valence-electron chi connectivity index (χ4n) is 4.31. The maximum absolute atomic E-state index is 13.9. The second kappa shape index (κ2) is 9.85. The van der Waals surface area contributed by atoms with E-state index >= 15 is 0 Å². The number of aromatic amines is 1. The third-order valence-corrected chi connectivity index (χ3v) is 5.99. The maximum atomic E-state index is 13.9. The number of nitriles is 1. The molecule has 1 aliphatic heterocycles. The van der Waals surface area contributed by atoms with E-state index in [1.807, 2.05) is 6.07 Å². The fourth-order valence-corrected chi connectivity index (χ4v) is 4.31. The molecule has 0 bridgehead atoms. The van der Waals surface area contributed by atoms with E-state index in [0.29, 0.717) is 29.1 Å². The second-order valence-electron chi connectivity index (χ2n) is 9.93. The lowest BCUT2D eigenvalue weighted by atomic mass is 9.98. The van der Waals surface area contributed by atoms with Gasteiger partial charge in [-0.25, -0.2) is 19.6 Å². The van der Waals surface area contributed by atoms with Gasteiger partial charge in [0.15, 0.2) is 0 Å². The molecule has 2 aromatic heterocycles. The first-order chi connectivity index (χ1) is 17.8. The van der Waals surface area contributed by atoms with Crippen LogP contribution in [0, 0.1) is 11.3 Å². The van der Waals surface area contributed by atoms with Crippen LogP contribution < -0.4 is 5.32 Å². The second-order valence-corrected chi connectivity index (χ2v) is 9.93. The van der Waals surface area contributed by atoms with E-state index in [1.54, 1.807) is 26.8 Å². The number of benzene rings is 1. The van der Waals surface area contributed by atoms with Gasteiger partial charge in [-0.2, -0.15) is 18.4 Å². The number of carbonyl (C=O) groups excluding carboxylic acids is 1. The van der Waals surface area contributed by atoms with Crippen molar-refractivity contribution in [3.05, 3.63) is 41.7 Å². The summed E-state index contributed by atoms with van der Waals surface area (Å²) in [5.41, 5.74) is -1.27. The number of carboxylic acid groups (broad SMARTS) is 1. The molecule has 0 unspecified atom stereocenters. The van der Waals surface area contributed by atoms with Crippen LogP contribution >= 0.6 is 0 Å². The molecular formula is C25H25F3N6O4. The van der Waals surface area contributed by atoms with Crippen molar-refractivity contribution >= 4 is 28.9 Å². The van der Waals surface area contributed by atoms with Gasteiger partial charge in [-0.05, 0) is 45.7 Å². The molecule has 38 heavy (non-hydrogen) atoms. The molecule has 2 atom stereocenters. The Hall–Kier alpha value is -4.34. The average Bonchev–Trinajstić information content (AvgIpc) is 3.25. The summed E-state index contributed by atoms with van der Waals surface area (Å²) in [6.07, 6.45) is -3.07. The Morgan fingerprint density at radius 2 is 2.00 bits per heavy atom. The number of carboxylic acids is 1. The molecule has 200 valence electrons. The topological polar surface area (TPSA) is 144 Å². The Kier molecular flexibility index (Phi) is 6.92. The number of alkyl halides is 3. The minimum atomic E-state index is -4.74. The summed E-state index contributed by atoms with van der Waals surface area (Å²) in [6, 6.07) is 4.91. The van der Waals surface area contributed by atoms with Crippen molar-refractivity contribution < 1.29 is 32.6 Å². The zero-order valence-corrected chi connectivity index (χ0v) is 20.8. The highest BCUT2D eigenvalue weighted by molar-refractivity contribution is 5.96. The zero-order chi connectivity index (χ0) is 27.8. The number of H-pyrrole nitrogens is 1. The number of likely N-dealkylation sites (tertiary alicyclic amines) is 1. The summed E-state index contributed by atoms with van der Waals surface area (Å²) < 4.78 is 47.0. The van der Waals surface area contributed by atoms with E-state index in [2.05, 4.69) is 20.3 Å². The van der Waals surface area contributed by atoms with Crippen LogP contribution in [0.15, 0.2) is 30.6 Å². The Balaban J connectivity index is 1.66. The van der Waals surface area contributed by atoms with E-state index < -0.39 is 41.5 Å². The lowest BCUT2D eigenvalue weighted by Gasteiger charge is -2.38. The van der Waals surface area contributed by atoms with E-state index in [4.69, 9.17) is 10.00 Å². The molecule has 1 amide bonds. The lowest BCUT2D eigenvalue weighted by molar-refractivity contribution is -0.144. The number of aromatic nitrogens is 3. The average molecular weight is 531 g/mol. The van der Waals surface area contributed by atoms with E-state index in [-0.39, 0.29) is 30.2 Å². The van der Waals surface area contributed by atoms with Crippen molar-refractivity contribution in [3.8, 4) is 17.3 Å². The highest BCUT2D eigenvalue weighted by Crippen LogP contribution is 2.39. The summed E-state index contributed by atoms with van der Waals surface area (Å²) in [7, 11) is 0. The lowest BCUT2D eigenvalue weighted by Crippen LogP contribution is -2.55. The SMILES string of the molecule is CC(C)(C)OC(=O)N1C[C@@H](Nc2ncc(C(F)(F)F)c(-c3c[nH]c4cc(C#N)ccc34)n2)CC[C@@H]1C(=O)O. The van der Waals surface area contributed by atoms with Gasteiger partial charge in [0.2, 0.25) is 5.95 Å². The molecule has 13 heteroatoms. The van der Waals surface area contributed by atoms with E-state index in [0.717, 1.165) is 4.90 Å². The Morgan fingerprint density at radius 1 is 1.26 bits per heavy atom. The van der Waals surface area contributed by atoms with Crippen molar-refractivity contribution in [2.75, 3.05) is 11.9 Å². The van der Waals surface area contributed by atoms with Crippen LogP contribution in [-0.2, 0) is 15.7 Å². The van der Waals surface area contributed by atoms with Crippen molar-refractivity contribution in [2.45, 2.75) is 57.5 Å². The third kappa shape index (κ3) is 5.64. The monoisotopic (exact) mass is 530 g/mol. The predicted molar refractivity (Wildman–Crippen MR) is 130 cm³/mol. The van der Waals surface area contributed by atoms with Crippen molar-refractivity contribution in [3.63, 3.8) is 0 Å². The molecule has 3 heterocycles. The summed E-state index contributed by atoms with van der Waals surface area (Å²) >= 11 is 0. The van der Waals surface area contributed by atoms with Gasteiger partial charge >= 0.3 is 18.2 Å². The minimum Gasteiger partial charge on any atom is -0.480 e. The molecule has 0 spiro atoms. The number of anilines is 1. The zero-order valence-electron chi connectivity index (χ0n) is 20.8. The summed E-state index contributed by atoms with van der Waals surface area (Å²) in [6.45, 7) is 4.90. The number of piperidine rings is 1. The van der Waals surface area contributed by atoms with E-state index in [9.17, 15) is 27.9 Å². The van der Waals surface area contributed by atoms with Crippen LogP contribution in [0.5, 0.6) is 0 Å². The third-order valence-electron chi connectivity index (χ3n) is 5.99. The number of amides is 1. The summed E-state index contributed by atoms with van der Waals surface area (Å²) in [5, 5.41) is 22.1. The Labute approximate surface area is 215 Å². The smallest absolute Gasteiger partial charge is 0.419 e. The molecular weight excluding hydrogens is 505 g/mol. The number of aliphatic carboxylic acids is 1. The molecule has 4 rings (SSSR count). The number of fused-ring (bicyclic) bond motifs is 1. The molecule has 1 aliphatic rings. The van der Waals surface area contributed by atoms with Gasteiger partial charge in [-0.3, -0.25) is 4.90 Å². The van der Waals surface area contributed by atoms with Crippen molar-refractivity contribution in [1.29, 1.82) is 5.26 Å². The molecule has 3 N–H and O–H groups in total. The van der Waals surface area contributed by atoms with Crippen molar-refractivity contribution in [2.24, 2.45) is 0 Å². The number of nitrogens with one attached hydrogen (secondary N) is 2. The first kappa shape index (κ1) is 26.7.